The minimum Gasteiger partial charge on any atom is -0.439 e. The highest BCUT2D eigenvalue weighted by Gasteiger charge is 2.24. The van der Waals surface area contributed by atoms with Gasteiger partial charge in [0.25, 0.3) is 11.6 Å². The van der Waals surface area contributed by atoms with E-state index >= 15 is 0 Å². The summed E-state index contributed by atoms with van der Waals surface area (Å²) in [6, 6.07) is 21.8. The van der Waals surface area contributed by atoms with Crippen molar-refractivity contribution in [2.45, 2.75) is 13.8 Å². The summed E-state index contributed by atoms with van der Waals surface area (Å²) in [6.45, 7) is 4.01. The number of para-hydroxylation sites is 1. The van der Waals surface area contributed by atoms with E-state index in [-0.39, 0.29) is 17.5 Å². The summed E-state index contributed by atoms with van der Waals surface area (Å²) in [7, 11) is 0. The Morgan fingerprint density at radius 1 is 1.08 bits per heavy atom. The molecule has 1 aliphatic heterocycles. The number of hydrogen-bond acceptors (Lipinski definition) is 7. The predicted octanol–water partition coefficient (Wildman–Crippen LogP) is 6.08. The first-order chi connectivity index (χ1) is 17.9. The quantitative estimate of drug-likeness (QED) is 0.191. The third-order valence-corrected chi connectivity index (χ3v) is 6.55. The van der Waals surface area contributed by atoms with Crippen molar-refractivity contribution in [1.29, 1.82) is 0 Å². The maximum Gasteiger partial charge on any atom is 0.287 e. The van der Waals surface area contributed by atoms with Crippen molar-refractivity contribution >= 4 is 40.3 Å². The number of benzene rings is 2. The highest BCUT2D eigenvalue weighted by molar-refractivity contribution is 8.18. The molecule has 3 heterocycles. The molecule has 37 heavy (non-hydrogen) atoms. The minimum atomic E-state index is -0.507. The molecule has 9 nitrogen and oxygen atoms in total. The van der Waals surface area contributed by atoms with Crippen LogP contribution in [-0.4, -0.2) is 25.5 Å². The molecule has 2 aromatic carbocycles. The minimum absolute atomic E-state index is 0.0970. The lowest BCUT2D eigenvalue weighted by atomic mass is 10.2. The number of thioether (sulfide) groups is 1. The van der Waals surface area contributed by atoms with Gasteiger partial charge in [-0.05, 0) is 79.7 Å². The van der Waals surface area contributed by atoms with Crippen LogP contribution in [0.15, 0.2) is 88.9 Å². The van der Waals surface area contributed by atoms with Crippen LogP contribution in [0.2, 0.25) is 0 Å². The fourth-order valence-electron chi connectivity index (χ4n) is 3.90. The summed E-state index contributed by atoms with van der Waals surface area (Å²) < 4.78 is 7.81. The molecule has 1 saturated heterocycles. The van der Waals surface area contributed by atoms with Crippen LogP contribution in [-0.2, 0) is 4.79 Å². The second-order valence-electron chi connectivity index (χ2n) is 8.19. The van der Waals surface area contributed by atoms with Gasteiger partial charge in [-0.3, -0.25) is 14.9 Å². The Labute approximate surface area is 216 Å². The summed E-state index contributed by atoms with van der Waals surface area (Å²) in [4.78, 5) is 31.9. The molecule has 0 bridgehead atoms. The smallest absolute Gasteiger partial charge is 0.287 e. The molecule has 1 amide bonds. The Hall–Kier alpha value is -4.70. The van der Waals surface area contributed by atoms with Gasteiger partial charge >= 0.3 is 0 Å². The summed E-state index contributed by atoms with van der Waals surface area (Å²) in [5.41, 5.74) is 4.54. The molecule has 5 rings (SSSR count). The lowest BCUT2D eigenvalue weighted by Gasteiger charge is -2.11. The Morgan fingerprint density at radius 3 is 2.51 bits per heavy atom. The summed E-state index contributed by atoms with van der Waals surface area (Å²) in [5, 5.41) is 14.2. The number of carbonyl (C=O) groups excluding carboxylic acids is 1. The number of amidine groups is 1. The van der Waals surface area contributed by atoms with Gasteiger partial charge in [0.1, 0.15) is 11.9 Å². The summed E-state index contributed by atoms with van der Waals surface area (Å²) in [5.74, 6) is 0.646. The monoisotopic (exact) mass is 511 g/mol. The molecular weight excluding hydrogens is 490 g/mol. The predicted molar refractivity (Wildman–Crippen MR) is 143 cm³/mol. The van der Waals surface area contributed by atoms with Crippen molar-refractivity contribution in [1.82, 2.24) is 14.9 Å². The van der Waals surface area contributed by atoms with Gasteiger partial charge in [0, 0.05) is 29.2 Å². The van der Waals surface area contributed by atoms with Crippen LogP contribution in [0.25, 0.3) is 11.8 Å². The van der Waals surface area contributed by atoms with E-state index in [4.69, 9.17) is 4.74 Å². The number of aliphatic imine (C=N–C) groups is 1. The van der Waals surface area contributed by atoms with E-state index in [1.165, 1.54) is 23.9 Å². The number of aromatic nitrogens is 2. The lowest BCUT2D eigenvalue weighted by molar-refractivity contribution is -0.385. The second kappa shape index (κ2) is 10.1. The van der Waals surface area contributed by atoms with Crippen molar-refractivity contribution in [3.63, 3.8) is 0 Å². The standard InChI is InChI=1S/C27H21N5O4S/c1-17-14-19(15-24-26(33)30-27(37-24)29-20-6-4-3-5-7-20)18(2)31(17)21-8-11-23(12-9-21)36-25-13-10-22(16-28-25)32(34)35/h3-16H,1-2H3,(H,29,30,33)/b24-15-. The number of nitro groups is 1. The summed E-state index contributed by atoms with van der Waals surface area (Å²) in [6.07, 6.45) is 3.04. The van der Waals surface area contributed by atoms with Crippen LogP contribution < -0.4 is 10.1 Å². The first-order valence-corrected chi connectivity index (χ1v) is 12.1. The zero-order chi connectivity index (χ0) is 25.9. The molecule has 2 aromatic heterocycles. The van der Waals surface area contributed by atoms with E-state index in [0.717, 1.165) is 34.5 Å². The lowest BCUT2D eigenvalue weighted by Crippen LogP contribution is -2.19. The molecule has 0 saturated carbocycles. The molecule has 10 heteroatoms. The van der Waals surface area contributed by atoms with Crippen LogP contribution in [0.4, 0.5) is 11.4 Å². The van der Waals surface area contributed by atoms with Gasteiger partial charge in [0.2, 0.25) is 5.88 Å². The second-order valence-corrected chi connectivity index (χ2v) is 9.22. The molecule has 1 fully saturated rings. The van der Waals surface area contributed by atoms with Crippen molar-refractivity contribution in [2.24, 2.45) is 4.99 Å². The molecule has 0 aliphatic carbocycles. The normalized spacial score (nSPS) is 15.2. The fourth-order valence-corrected chi connectivity index (χ4v) is 4.73. The largest absolute Gasteiger partial charge is 0.439 e. The molecule has 184 valence electrons. The molecule has 0 atom stereocenters. The van der Waals surface area contributed by atoms with Gasteiger partial charge in [0.15, 0.2) is 5.17 Å². The maximum atomic E-state index is 12.6. The zero-order valence-corrected chi connectivity index (χ0v) is 20.7. The van der Waals surface area contributed by atoms with Crippen LogP contribution in [0.1, 0.15) is 17.0 Å². The highest BCUT2D eigenvalue weighted by Crippen LogP contribution is 2.31. The van der Waals surface area contributed by atoms with E-state index in [1.54, 1.807) is 0 Å². The zero-order valence-electron chi connectivity index (χ0n) is 19.9. The summed E-state index contributed by atoms with van der Waals surface area (Å²) >= 11 is 1.31. The average Bonchev–Trinajstić information content (AvgIpc) is 3.37. The Balaban J connectivity index is 1.34. The maximum absolute atomic E-state index is 12.6. The number of hydrogen-bond donors (Lipinski definition) is 1. The molecule has 1 N–H and O–H groups in total. The Bertz CT molecular complexity index is 1540. The van der Waals surface area contributed by atoms with E-state index in [0.29, 0.717) is 15.8 Å². The molecule has 1 aliphatic rings. The third kappa shape index (κ3) is 5.29. The highest BCUT2D eigenvalue weighted by atomic mass is 32.2. The van der Waals surface area contributed by atoms with Crippen LogP contribution in [0, 0.1) is 24.0 Å². The van der Waals surface area contributed by atoms with Gasteiger partial charge in [-0.25, -0.2) is 9.98 Å². The van der Waals surface area contributed by atoms with Crippen LogP contribution in [0.3, 0.4) is 0 Å². The van der Waals surface area contributed by atoms with Crippen molar-refractivity contribution in [2.75, 3.05) is 0 Å². The first kappa shape index (κ1) is 24.0. The van der Waals surface area contributed by atoms with Crippen molar-refractivity contribution in [3.8, 4) is 17.3 Å². The van der Waals surface area contributed by atoms with Gasteiger partial charge < -0.3 is 14.6 Å². The molecular formula is C27H21N5O4S. The van der Waals surface area contributed by atoms with Crippen LogP contribution in [0.5, 0.6) is 11.6 Å². The third-order valence-electron chi connectivity index (χ3n) is 5.64. The molecule has 0 unspecified atom stereocenters. The van der Waals surface area contributed by atoms with Gasteiger partial charge in [-0.2, -0.15) is 0 Å². The SMILES string of the molecule is Cc1cc(/C=C2\SC(=Nc3ccccc3)NC2=O)c(C)n1-c1ccc(Oc2ccc([N+](=O)[O-])cn2)cc1. The Kier molecular flexibility index (Phi) is 6.57. The fraction of sp³-hybridized carbons (Fsp3) is 0.0741. The van der Waals surface area contributed by atoms with E-state index < -0.39 is 4.92 Å². The number of carbonyl (C=O) groups is 1. The number of aryl methyl sites for hydroxylation is 1. The van der Waals surface area contributed by atoms with Crippen LogP contribution >= 0.6 is 11.8 Å². The topological polar surface area (TPSA) is 112 Å². The first-order valence-electron chi connectivity index (χ1n) is 11.3. The molecule has 0 spiro atoms. The molecule has 4 aromatic rings. The van der Waals surface area contributed by atoms with E-state index in [9.17, 15) is 14.9 Å². The van der Waals surface area contributed by atoms with Gasteiger partial charge in [0.05, 0.1) is 15.5 Å². The Morgan fingerprint density at radius 2 is 1.84 bits per heavy atom. The average molecular weight is 512 g/mol. The van der Waals surface area contributed by atoms with Gasteiger partial charge in [-0.15, -0.1) is 0 Å². The number of pyridine rings is 1. The van der Waals surface area contributed by atoms with E-state index in [1.807, 2.05) is 80.6 Å². The van der Waals surface area contributed by atoms with Crippen molar-refractivity contribution in [3.05, 3.63) is 111 Å². The van der Waals surface area contributed by atoms with E-state index in [2.05, 4.69) is 19.9 Å². The number of rotatable bonds is 6. The number of nitrogens with one attached hydrogen (secondary N) is 1. The number of ether oxygens (including phenoxy) is 1. The molecule has 0 radical (unpaired) electrons. The van der Waals surface area contributed by atoms with Gasteiger partial charge in [-0.1, -0.05) is 18.2 Å². The van der Waals surface area contributed by atoms with Crippen molar-refractivity contribution < 1.29 is 14.5 Å². The number of nitrogens with zero attached hydrogens (tertiary/aromatic N) is 4. The number of amides is 1.